The summed E-state index contributed by atoms with van der Waals surface area (Å²) in [5.74, 6) is 1.10. The van der Waals surface area contributed by atoms with E-state index in [-0.39, 0.29) is 0 Å². The SMILES string of the molecule is C=NC(=NC(=NCc1cc(-c2ccc(-c3nc4cccnc4c4cnccc34)cc2)cc(-c2ccc3c4ccccc4c4ccccc4c3c2)c1)c1ccccc1)c1ccccc1. The number of rotatable bonds is 7. The lowest BCUT2D eigenvalue weighted by Crippen LogP contribution is -2.05. The van der Waals surface area contributed by atoms with Gasteiger partial charge < -0.3 is 0 Å². The number of hydrogen-bond acceptors (Lipinski definition) is 4. The van der Waals surface area contributed by atoms with Crippen molar-refractivity contribution in [3.8, 4) is 33.5 Å². The lowest BCUT2D eigenvalue weighted by Gasteiger charge is -2.14. The number of amidine groups is 2. The van der Waals surface area contributed by atoms with Crippen LogP contribution < -0.4 is 0 Å². The van der Waals surface area contributed by atoms with Crippen molar-refractivity contribution in [3.63, 3.8) is 0 Å². The molecule has 0 aliphatic heterocycles. The van der Waals surface area contributed by atoms with Crippen LogP contribution in [0.2, 0.25) is 0 Å². The molecule has 0 aliphatic carbocycles. The molecule has 8 aromatic carbocycles. The Kier molecular flexibility index (Phi) is 9.63. The lowest BCUT2D eigenvalue weighted by atomic mass is 9.90. The van der Waals surface area contributed by atoms with Gasteiger partial charge in [0.1, 0.15) is 0 Å². The lowest BCUT2D eigenvalue weighted by molar-refractivity contribution is 1.06. The summed E-state index contributed by atoms with van der Waals surface area (Å²) in [5.41, 5.74) is 10.8. The number of hydrogen-bond donors (Lipinski definition) is 0. The topological polar surface area (TPSA) is 75.8 Å². The first-order chi connectivity index (χ1) is 31.2. The van der Waals surface area contributed by atoms with Crippen LogP contribution in [-0.2, 0) is 6.54 Å². The van der Waals surface area contributed by atoms with Crippen LogP contribution in [0.4, 0.5) is 0 Å². The van der Waals surface area contributed by atoms with E-state index in [2.05, 4.69) is 131 Å². The first kappa shape index (κ1) is 37.5. The van der Waals surface area contributed by atoms with Gasteiger partial charge in [-0.25, -0.2) is 15.0 Å². The van der Waals surface area contributed by atoms with E-state index in [1.54, 1.807) is 6.20 Å². The van der Waals surface area contributed by atoms with Gasteiger partial charge in [-0.15, -0.1) is 0 Å². The van der Waals surface area contributed by atoms with Crippen LogP contribution in [0.25, 0.3) is 87.6 Å². The molecule has 11 rings (SSSR count). The van der Waals surface area contributed by atoms with Crippen molar-refractivity contribution < 1.29 is 0 Å². The molecule has 0 saturated carbocycles. The summed E-state index contributed by atoms with van der Waals surface area (Å²) in [6.45, 7) is 4.25. The molecule has 0 bridgehead atoms. The summed E-state index contributed by atoms with van der Waals surface area (Å²) in [7, 11) is 0. The van der Waals surface area contributed by atoms with E-state index in [9.17, 15) is 0 Å². The summed E-state index contributed by atoms with van der Waals surface area (Å²) in [5, 5.41) is 9.46. The largest absolute Gasteiger partial charge is 0.264 e. The molecule has 296 valence electrons. The van der Waals surface area contributed by atoms with Gasteiger partial charge in [0.15, 0.2) is 11.7 Å². The Labute approximate surface area is 364 Å². The normalized spacial score (nSPS) is 12.1. The van der Waals surface area contributed by atoms with Crippen molar-refractivity contribution in [2.24, 2.45) is 15.0 Å². The smallest absolute Gasteiger partial charge is 0.161 e. The van der Waals surface area contributed by atoms with Gasteiger partial charge in [-0.1, -0.05) is 146 Å². The van der Waals surface area contributed by atoms with Crippen molar-refractivity contribution in [1.82, 2.24) is 15.0 Å². The predicted octanol–water partition coefficient (Wildman–Crippen LogP) is 13.7. The highest BCUT2D eigenvalue weighted by Crippen LogP contribution is 2.39. The average molecular weight is 807 g/mol. The maximum Gasteiger partial charge on any atom is 0.161 e. The molecule has 0 amide bonds. The maximum atomic E-state index is 5.20. The number of nitrogens with zero attached hydrogens (tertiary/aromatic N) is 6. The number of aromatic nitrogens is 3. The Morgan fingerprint density at radius 2 is 1.03 bits per heavy atom. The predicted molar refractivity (Wildman–Crippen MR) is 263 cm³/mol. The molecule has 0 atom stereocenters. The van der Waals surface area contributed by atoms with Crippen LogP contribution in [0, 0.1) is 0 Å². The molecule has 6 heteroatoms. The van der Waals surface area contributed by atoms with E-state index in [1.807, 2.05) is 91.3 Å². The molecular formula is C57H38N6. The molecule has 63 heavy (non-hydrogen) atoms. The number of pyridine rings is 3. The molecule has 0 N–H and O–H groups in total. The van der Waals surface area contributed by atoms with Gasteiger partial charge >= 0.3 is 0 Å². The van der Waals surface area contributed by atoms with Gasteiger partial charge in [0.05, 0.1) is 23.3 Å². The standard InChI is InChI=1S/C57H38N6/c1-58-56(40-13-4-2-5-14-40)63-57(41-15-6-3-7-16-41)61-35-37-31-43(38-22-24-39(25-23-38)54-50-28-30-59-36-52(50)55-53(62-54)21-12-29-60-55)33-44(32-37)42-26-27-49-47-19-9-8-17-45(47)46-18-10-11-20-48(46)51(49)34-42/h2-34,36H,1,35H2. The van der Waals surface area contributed by atoms with Crippen molar-refractivity contribution in [2.75, 3.05) is 0 Å². The number of benzene rings is 8. The van der Waals surface area contributed by atoms with Crippen LogP contribution >= 0.6 is 0 Å². The van der Waals surface area contributed by atoms with Crippen LogP contribution in [0.1, 0.15) is 16.7 Å². The highest BCUT2D eigenvalue weighted by atomic mass is 15.0. The molecule has 0 saturated heterocycles. The molecule has 11 aromatic rings. The van der Waals surface area contributed by atoms with Gasteiger partial charge in [-0.2, -0.15) is 0 Å². The Morgan fingerprint density at radius 3 is 1.71 bits per heavy atom. The van der Waals surface area contributed by atoms with E-state index in [0.717, 1.165) is 72.0 Å². The van der Waals surface area contributed by atoms with E-state index >= 15 is 0 Å². The third kappa shape index (κ3) is 7.09. The molecule has 3 heterocycles. The van der Waals surface area contributed by atoms with E-state index < -0.39 is 0 Å². The molecule has 3 aromatic heterocycles. The van der Waals surface area contributed by atoms with Crippen molar-refractivity contribution in [2.45, 2.75) is 6.54 Å². The Bertz CT molecular complexity index is 3560. The van der Waals surface area contributed by atoms with Crippen molar-refractivity contribution in [1.29, 1.82) is 0 Å². The first-order valence-electron chi connectivity index (χ1n) is 21.0. The third-order valence-corrected chi connectivity index (χ3v) is 11.7. The van der Waals surface area contributed by atoms with Crippen LogP contribution in [0.3, 0.4) is 0 Å². The minimum absolute atomic E-state index is 0.391. The fraction of sp³-hybridized carbons (Fsp3) is 0.0175. The van der Waals surface area contributed by atoms with Gasteiger partial charge in [-0.3, -0.25) is 15.0 Å². The summed E-state index contributed by atoms with van der Waals surface area (Å²) in [6, 6.07) is 65.7. The quantitative estimate of drug-likeness (QED) is 0.0914. The van der Waals surface area contributed by atoms with Crippen LogP contribution in [-0.4, -0.2) is 33.3 Å². The Hall–Kier alpha value is -8.48. The zero-order valence-electron chi connectivity index (χ0n) is 34.2. The summed E-state index contributed by atoms with van der Waals surface area (Å²) in [4.78, 5) is 28.7. The molecular weight excluding hydrogens is 769 g/mol. The zero-order chi connectivity index (χ0) is 42.1. The fourth-order valence-corrected chi connectivity index (χ4v) is 8.73. The van der Waals surface area contributed by atoms with E-state index in [0.29, 0.717) is 18.2 Å². The van der Waals surface area contributed by atoms with Crippen molar-refractivity contribution in [3.05, 3.63) is 223 Å². The van der Waals surface area contributed by atoms with E-state index in [4.69, 9.17) is 15.0 Å². The molecule has 0 aliphatic rings. The van der Waals surface area contributed by atoms with Crippen LogP contribution in [0.5, 0.6) is 0 Å². The highest BCUT2D eigenvalue weighted by Gasteiger charge is 2.15. The van der Waals surface area contributed by atoms with Gasteiger partial charge in [0.25, 0.3) is 0 Å². The van der Waals surface area contributed by atoms with Crippen LogP contribution in [0.15, 0.2) is 222 Å². The number of fused-ring (bicyclic) bond motifs is 9. The van der Waals surface area contributed by atoms with Gasteiger partial charge in [-0.05, 0) is 109 Å². The molecule has 0 radical (unpaired) electrons. The second kappa shape index (κ2) is 16.2. The Morgan fingerprint density at radius 1 is 0.444 bits per heavy atom. The van der Waals surface area contributed by atoms with Gasteiger partial charge in [0.2, 0.25) is 0 Å². The fourth-order valence-electron chi connectivity index (χ4n) is 8.73. The van der Waals surface area contributed by atoms with Crippen molar-refractivity contribution >= 4 is 72.5 Å². The highest BCUT2D eigenvalue weighted by molar-refractivity contribution is 6.25. The monoisotopic (exact) mass is 806 g/mol. The summed E-state index contributed by atoms with van der Waals surface area (Å²) in [6.07, 6.45) is 5.49. The minimum Gasteiger partial charge on any atom is -0.264 e. The molecule has 0 spiro atoms. The van der Waals surface area contributed by atoms with Gasteiger partial charge in [0, 0.05) is 46.1 Å². The molecule has 0 fully saturated rings. The molecule has 6 nitrogen and oxygen atoms in total. The average Bonchev–Trinajstić information content (AvgIpc) is 3.36. The minimum atomic E-state index is 0.391. The first-order valence-corrected chi connectivity index (χ1v) is 21.0. The number of aliphatic imine (C=N–C) groups is 3. The maximum absolute atomic E-state index is 5.20. The third-order valence-electron chi connectivity index (χ3n) is 11.7. The second-order valence-electron chi connectivity index (χ2n) is 15.6. The van der Waals surface area contributed by atoms with E-state index in [1.165, 1.54) is 32.3 Å². The summed E-state index contributed by atoms with van der Waals surface area (Å²) < 4.78 is 0. The Balaban J connectivity index is 1.06. The summed E-state index contributed by atoms with van der Waals surface area (Å²) >= 11 is 0. The second-order valence-corrected chi connectivity index (χ2v) is 15.6. The molecule has 0 unspecified atom stereocenters. The zero-order valence-corrected chi connectivity index (χ0v) is 34.2.